The molecule has 0 heterocycles. The van der Waals surface area contributed by atoms with Crippen molar-refractivity contribution in [3.63, 3.8) is 0 Å². The number of nitrogens with zero attached hydrogens (tertiary/aromatic N) is 1. The van der Waals surface area contributed by atoms with Gasteiger partial charge in [0.2, 0.25) is 5.75 Å². The van der Waals surface area contributed by atoms with Gasteiger partial charge in [-0.2, -0.15) is 0 Å². The molecule has 6 heteroatoms. The summed E-state index contributed by atoms with van der Waals surface area (Å²) in [6.07, 6.45) is 0. The number of nitrogens with two attached hydrogens (primary N) is 1. The number of nitro benzene ring substituents is 1. The van der Waals surface area contributed by atoms with Gasteiger partial charge in [-0.15, -0.1) is 0 Å². The molecule has 2 N–H and O–H groups in total. The van der Waals surface area contributed by atoms with Crippen LogP contribution in [0.2, 0.25) is 5.02 Å². The molecule has 0 aromatic heterocycles. The maximum absolute atomic E-state index is 11.0. The monoisotopic (exact) mass is 278 g/mol. The van der Waals surface area contributed by atoms with E-state index in [4.69, 9.17) is 22.1 Å². The molecule has 0 aliphatic rings. The van der Waals surface area contributed by atoms with Crippen molar-refractivity contribution in [1.29, 1.82) is 0 Å². The number of nitro groups is 1. The molecular formula is C13H11ClN2O3. The number of rotatable bonds is 3. The van der Waals surface area contributed by atoms with Gasteiger partial charge in [0.25, 0.3) is 0 Å². The van der Waals surface area contributed by atoms with Crippen LogP contribution in [0.4, 0.5) is 11.4 Å². The molecule has 0 atom stereocenters. The van der Waals surface area contributed by atoms with Crippen LogP contribution in [-0.2, 0) is 0 Å². The summed E-state index contributed by atoms with van der Waals surface area (Å²) in [6, 6.07) is 9.59. The summed E-state index contributed by atoms with van der Waals surface area (Å²) in [6.45, 7) is 1.80. The number of ether oxygens (including phenoxy) is 1. The van der Waals surface area contributed by atoms with Crippen molar-refractivity contribution in [2.45, 2.75) is 6.92 Å². The highest BCUT2D eigenvalue weighted by Gasteiger charge is 2.20. The van der Waals surface area contributed by atoms with E-state index in [0.717, 1.165) is 5.56 Å². The minimum atomic E-state index is -0.560. The first-order valence-electron chi connectivity index (χ1n) is 5.46. The van der Waals surface area contributed by atoms with Crippen LogP contribution in [0.15, 0.2) is 36.4 Å². The van der Waals surface area contributed by atoms with Gasteiger partial charge in [0.1, 0.15) is 11.4 Å². The third-order valence-electron chi connectivity index (χ3n) is 2.57. The van der Waals surface area contributed by atoms with E-state index in [-0.39, 0.29) is 17.1 Å². The zero-order valence-electron chi connectivity index (χ0n) is 10.1. The van der Waals surface area contributed by atoms with E-state index in [1.807, 2.05) is 0 Å². The average molecular weight is 279 g/mol. The van der Waals surface area contributed by atoms with Gasteiger partial charge in [-0.25, -0.2) is 0 Å². The smallest absolute Gasteiger partial charge is 0.334 e. The van der Waals surface area contributed by atoms with Crippen molar-refractivity contribution in [3.05, 3.63) is 57.1 Å². The van der Waals surface area contributed by atoms with Gasteiger partial charge in [0, 0.05) is 5.02 Å². The maximum Gasteiger partial charge on any atom is 0.334 e. The van der Waals surface area contributed by atoms with Crippen molar-refractivity contribution in [3.8, 4) is 11.5 Å². The number of halogens is 1. The summed E-state index contributed by atoms with van der Waals surface area (Å²) >= 11 is 5.84. The van der Waals surface area contributed by atoms with E-state index in [0.29, 0.717) is 10.8 Å². The minimum Gasteiger partial charge on any atom is -0.450 e. The first-order chi connectivity index (χ1) is 8.99. The van der Waals surface area contributed by atoms with E-state index in [1.165, 1.54) is 12.1 Å². The number of benzene rings is 2. The SMILES string of the molecule is Cc1cc(Cl)ccc1Oc1cccc(N)c1[N+](=O)[O-]. The van der Waals surface area contributed by atoms with Crippen LogP contribution in [0.25, 0.3) is 0 Å². The predicted octanol–water partition coefficient (Wildman–Crippen LogP) is 3.93. The van der Waals surface area contributed by atoms with Crippen molar-refractivity contribution in [2.75, 3.05) is 5.73 Å². The van der Waals surface area contributed by atoms with Crippen molar-refractivity contribution in [2.24, 2.45) is 0 Å². The van der Waals surface area contributed by atoms with Gasteiger partial charge < -0.3 is 10.5 Å². The molecule has 98 valence electrons. The van der Waals surface area contributed by atoms with Crippen LogP contribution in [0.5, 0.6) is 11.5 Å². The Labute approximate surface area is 114 Å². The Kier molecular flexibility index (Phi) is 3.57. The van der Waals surface area contributed by atoms with E-state index < -0.39 is 4.92 Å². The summed E-state index contributed by atoms with van der Waals surface area (Å²) in [7, 11) is 0. The van der Waals surface area contributed by atoms with Crippen LogP contribution in [-0.4, -0.2) is 4.92 Å². The topological polar surface area (TPSA) is 78.4 Å². The van der Waals surface area contributed by atoms with E-state index >= 15 is 0 Å². The molecule has 19 heavy (non-hydrogen) atoms. The lowest BCUT2D eigenvalue weighted by molar-refractivity contribution is -0.384. The van der Waals surface area contributed by atoms with Crippen LogP contribution >= 0.6 is 11.6 Å². The zero-order chi connectivity index (χ0) is 14.0. The molecule has 0 amide bonds. The molecule has 0 saturated carbocycles. The van der Waals surface area contributed by atoms with Gasteiger partial charge in [-0.1, -0.05) is 17.7 Å². The number of hydrogen-bond donors (Lipinski definition) is 1. The van der Waals surface area contributed by atoms with E-state index in [9.17, 15) is 10.1 Å². The first-order valence-corrected chi connectivity index (χ1v) is 5.83. The fourth-order valence-electron chi connectivity index (χ4n) is 1.66. The summed E-state index contributed by atoms with van der Waals surface area (Å²) in [4.78, 5) is 10.4. The number of nitrogen functional groups attached to an aromatic ring is 1. The first kappa shape index (κ1) is 13.2. The third kappa shape index (κ3) is 2.77. The van der Waals surface area contributed by atoms with Crippen LogP contribution in [0.3, 0.4) is 0 Å². The molecule has 0 aliphatic carbocycles. The molecule has 0 radical (unpaired) electrons. The maximum atomic E-state index is 11.0. The van der Waals surface area contributed by atoms with Crippen LogP contribution < -0.4 is 10.5 Å². The highest BCUT2D eigenvalue weighted by Crippen LogP contribution is 2.37. The van der Waals surface area contributed by atoms with Crippen LogP contribution in [0.1, 0.15) is 5.56 Å². The van der Waals surface area contributed by atoms with Gasteiger partial charge in [-0.3, -0.25) is 10.1 Å². The summed E-state index contributed by atoms with van der Waals surface area (Å²) in [5, 5.41) is 11.6. The molecule has 2 aromatic carbocycles. The molecule has 0 saturated heterocycles. The van der Waals surface area contributed by atoms with Gasteiger partial charge in [-0.05, 0) is 42.8 Å². The lowest BCUT2D eigenvalue weighted by atomic mass is 10.2. The molecule has 0 spiro atoms. The fraction of sp³-hybridized carbons (Fsp3) is 0.0769. The Balaban J connectivity index is 2.44. The molecule has 5 nitrogen and oxygen atoms in total. The highest BCUT2D eigenvalue weighted by atomic mass is 35.5. The molecule has 2 aromatic rings. The molecule has 0 unspecified atom stereocenters. The van der Waals surface area contributed by atoms with E-state index in [1.54, 1.807) is 31.2 Å². The predicted molar refractivity (Wildman–Crippen MR) is 73.8 cm³/mol. The Morgan fingerprint density at radius 3 is 2.63 bits per heavy atom. The number of para-hydroxylation sites is 1. The molecule has 2 rings (SSSR count). The second-order valence-electron chi connectivity index (χ2n) is 3.96. The van der Waals surface area contributed by atoms with Gasteiger partial charge in [0.05, 0.1) is 4.92 Å². The second kappa shape index (κ2) is 5.16. The van der Waals surface area contributed by atoms with Crippen molar-refractivity contribution in [1.82, 2.24) is 0 Å². The Bertz CT molecular complexity index is 644. The number of hydrogen-bond acceptors (Lipinski definition) is 4. The van der Waals surface area contributed by atoms with Crippen LogP contribution in [0, 0.1) is 17.0 Å². The Morgan fingerprint density at radius 2 is 2.00 bits per heavy atom. The number of aryl methyl sites for hydroxylation is 1. The average Bonchev–Trinajstić information content (AvgIpc) is 2.32. The Morgan fingerprint density at radius 1 is 1.26 bits per heavy atom. The normalized spacial score (nSPS) is 10.2. The summed E-state index contributed by atoms with van der Waals surface area (Å²) in [5.74, 6) is 0.605. The molecule has 0 fully saturated rings. The standard InChI is InChI=1S/C13H11ClN2O3/c1-8-7-9(14)5-6-11(8)19-12-4-2-3-10(15)13(12)16(17)18/h2-7H,15H2,1H3. The lowest BCUT2D eigenvalue weighted by Crippen LogP contribution is -1.99. The summed E-state index contributed by atoms with van der Waals surface area (Å²) in [5.41, 5.74) is 6.20. The van der Waals surface area contributed by atoms with Crippen molar-refractivity contribution < 1.29 is 9.66 Å². The van der Waals surface area contributed by atoms with E-state index in [2.05, 4.69) is 0 Å². The molecule has 0 bridgehead atoms. The Hall–Kier alpha value is -2.27. The lowest BCUT2D eigenvalue weighted by Gasteiger charge is -2.10. The summed E-state index contributed by atoms with van der Waals surface area (Å²) < 4.78 is 5.56. The van der Waals surface area contributed by atoms with Gasteiger partial charge >= 0.3 is 5.69 Å². The minimum absolute atomic E-state index is 0.0640. The molecular weight excluding hydrogens is 268 g/mol. The molecule has 0 aliphatic heterocycles. The van der Waals surface area contributed by atoms with Gasteiger partial charge in [0.15, 0.2) is 0 Å². The zero-order valence-corrected chi connectivity index (χ0v) is 10.8. The van der Waals surface area contributed by atoms with Crippen molar-refractivity contribution >= 4 is 23.0 Å². The third-order valence-corrected chi connectivity index (χ3v) is 2.80. The fourth-order valence-corrected chi connectivity index (χ4v) is 1.89. The number of anilines is 1. The quantitative estimate of drug-likeness (QED) is 0.524. The second-order valence-corrected chi connectivity index (χ2v) is 4.40. The largest absolute Gasteiger partial charge is 0.450 e. The highest BCUT2D eigenvalue weighted by molar-refractivity contribution is 6.30.